The second-order valence-corrected chi connectivity index (χ2v) is 5.24. The fourth-order valence-electron chi connectivity index (χ4n) is 2.71. The number of benzene rings is 1. The van der Waals surface area contributed by atoms with Gasteiger partial charge in [0, 0.05) is 17.7 Å². The number of H-pyrrole nitrogens is 1. The molecule has 1 aliphatic heterocycles. The molecule has 0 fully saturated rings. The minimum Gasteiger partial charge on any atom is -0.435 e. The third-order valence-corrected chi connectivity index (χ3v) is 3.60. The molecule has 2 heterocycles. The van der Waals surface area contributed by atoms with Gasteiger partial charge in [0.05, 0.1) is 12.0 Å². The average Bonchev–Trinajstić information content (AvgIpc) is 2.45. The molecule has 0 saturated carbocycles. The number of nitrogens with one attached hydrogen (secondary N) is 1. The number of carbonyl (C=O) groups excluding carboxylic acids is 1. The smallest absolute Gasteiger partial charge is 0.387 e. The van der Waals surface area contributed by atoms with E-state index in [-0.39, 0.29) is 23.5 Å². The van der Waals surface area contributed by atoms with Crippen molar-refractivity contribution in [3.8, 4) is 11.5 Å². The van der Waals surface area contributed by atoms with Crippen molar-refractivity contribution in [2.24, 2.45) is 0 Å². The summed E-state index contributed by atoms with van der Waals surface area (Å²) in [5.41, 5.74) is 1.05. The van der Waals surface area contributed by atoms with Crippen LogP contribution in [0.1, 0.15) is 29.2 Å². The highest BCUT2D eigenvalue weighted by Gasteiger charge is 2.31. The lowest BCUT2D eigenvalue weighted by atomic mass is 9.87. The molecule has 1 N–H and O–H groups in total. The van der Waals surface area contributed by atoms with E-state index in [0.717, 1.165) is 0 Å². The van der Waals surface area contributed by atoms with Crippen LogP contribution in [-0.2, 0) is 4.79 Å². The molecule has 7 heteroatoms. The van der Waals surface area contributed by atoms with Crippen molar-refractivity contribution < 1.29 is 23.0 Å². The molecular weight excluding hydrogens is 308 g/mol. The van der Waals surface area contributed by atoms with E-state index in [0.29, 0.717) is 16.8 Å². The average molecular weight is 321 g/mol. The van der Waals surface area contributed by atoms with Gasteiger partial charge >= 0.3 is 12.6 Å². The minimum absolute atomic E-state index is 0.0264. The van der Waals surface area contributed by atoms with Gasteiger partial charge in [-0.05, 0) is 24.6 Å². The Morgan fingerprint density at radius 1 is 1.30 bits per heavy atom. The first-order chi connectivity index (χ1) is 10.9. The highest BCUT2D eigenvalue weighted by atomic mass is 19.3. The third kappa shape index (κ3) is 3.08. The molecule has 1 aromatic heterocycles. The number of esters is 1. The van der Waals surface area contributed by atoms with Crippen LogP contribution in [0, 0.1) is 6.92 Å². The Hall–Kier alpha value is -2.70. The van der Waals surface area contributed by atoms with Gasteiger partial charge in [0.1, 0.15) is 11.5 Å². The molecule has 0 spiro atoms. The molecular formula is C16H13F2NO4. The second-order valence-electron chi connectivity index (χ2n) is 5.24. The van der Waals surface area contributed by atoms with E-state index in [1.165, 1.54) is 18.2 Å². The maximum Gasteiger partial charge on any atom is 0.387 e. The highest BCUT2D eigenvalue weighted by molar-refractivity contribution is 5.77. The normalized spacial score (nSPS) is 16.9. The number of pyridine rings is 1. The van der Waals surface area contributed by atoms with E-state index in [9.17, 15) is 18.4 Å². The lowest BCUT2D eigenvalue weighted by Crippen LogP contribution is -2.28. The van der Waals surface area contributed by atoms with Crippen molar-refractivity contribution in [1.29, 1.82) is 0 Å². The number of aryl methyl sites for hydroxylation is 1. The van der Waals surface area contributed by atoms with Gasteiger partial charge < -0.3 is 14.5 Å². The van der Waals surface area contributed by atoms with E-state index in [2.05, 4.69) is 9.72 Å². The van der Waals surface area contributed by atoms with Crippen LogP contribution in [-0.4, -0.2) is 17.6 Å². The van der Waals surface area contributed by atoms with Gasteiger partial charge in [-0.3, -0.25) is 9.59 Å². The lowest BCUT2D eigenvalue weighted by Gasteiger charge is -2.24. The van der Waals surface area contributed by atoms with Crippen LogP contribution >= 0.6 is 0 Å². The van der Waals surface area contributed by atoms with Gasteiger partial charge in [0.25, 0.3) is 5.56 Å². The molecule has 0 aliphatic carbocycles. The van der Waals surface area contributed by atoms with Crippen LogP contribution in [0.4, 0.5) is 8.78 Å². The van der Waals surface area contributed by atoms with Gasteiger partial charge in [-0.2, -0.15) is 8.78 Å². The Balaban J connectivity index is 2.08. The summed E-state index contributed by atoms with van der Waals surface area (Å²) in [6.45, 7) is -1.27. The van der Waals surface area contributed by atoms with E-state index in [1.54, 1.807) is 19.1 Å². The van der Waals surface area contributed by atoms with E-state index in [4.69, 9.17) is 4.74 Å². The number of halogens is 2. The van der Waals surface area contributed by atoms with Crippen molar-refractivity contribution in [3.63, 3.8) is 0 Å². The summed E-state index contributed by atoms with van der Waals surface area (Å²) < 4.78 is 34.2. The van der Waals surface area contributed by atoms with E-state index < -0.39 is 18.5 Å². The summed E-state index contributed by atoms with van der Waals surface area (Å²) >= 11 is 0. The largest absolute Gasteiger partial charge is 0.435 e. The molecule has 1 atom stereocenters. The predicted octanol–water partition coefficient (Wildman–Crippen LogP) is 2.73. The van der Waals surface area contributed by atoms with Crippen LogP contribution in [0.2, 0.25) is 0 Å². The molecule has 0 saturated heterocycles. The molecule has 23 heavy (non-hydrogen) atoms. The number of rotatable bonds is 3. The number of hydrogen-bond acceptors (Lipinski definition) is 4. The summed E-state index contributed by atoms with van der Waals surface area (Å²) in [6, 6.07) is 7.55. The number of alkyl halides is 2. The molecule has 0 radical (unpaired) electrons. The number of aromatic amines is 1. The minimum atomic E-state index is -2.94. The van der Waals surface area contributed by atoms with Crippen molar-refractivity contribution in [2.45, 2.75) is 25.9 Å². The van der Waals surface area contributed by atoms with Gasteiger partial charge in [0.15, 0.2) is 0 Å². The Labute approximate surface area is 129 Å². The molecule has 1 aliphatic rings. The SMILES string of the molecule is Cc1cc2c(c(=O)[nH]1)C(c1cccc(OC(F)F)c1)CC(=O)O2. The van der Waals surface area contributed by atoms with Gasteiger partial charge in [-0.25, -0.2) is 0 Å². The number of carbonyl (C=O) groups is 1. The van der Waals surface area contributed by atoms with Gasteiger partial charge in [-0.1, -0.05) is 12.1 Å². The molecule has 5 nitrogen and oxygen atoms in total. The molecule has 0 amide bonds. The Bertz CT molecular complexity index is 816. The van der Waals surface area contributed by atoms with Crippen molar-refractivity contribution in [3.05, 3.63) is 57.5 Å². The number of aromatic nitrogens is 1. The molecule has 2 aromatic rings. The van der Waals surface area contributed by atoms with Crippen LogP contribution in [0.5, 0.6) is 11.5 Å². The maximum atomic E-state index is 12.4. The molecule has 3 rings (SSSR count). The predicted molar refractivity (Wildman–Crippen MR) is 77.0 cm³/mol. The molecule has 1 unspecified atom stereocenters. The lowest BCUT2D eigenvalue weighted by molar-refractivity contribution is -0.135. The summed E-state index contributed by atoms with van der Waals surface area (Å²) in [4.78, 5) is 26.7. The second kappa shape index (κ2) is 5.83. The first kappa shape index (κ1) is 15.2. The van der Waals surface area contributed by atoms with Gasteiger partial charge in [0.2, 0.25) is 0 Å². The topological polar surface area (TPSA) is 68.4 Å². The standard InChI is InChI=1S/C16H13F2NO4/c1-8-5-12-14(15(21)19-8)11(7-13(20)23-12)9-3-2-4-10(6-9)22-16(17)18/h2-6,11,16H,7H2,1H3,(H,19,21). The first-order valence-corrected chi connectivity index (χ1v) is 6.93. The quantitative estimate of drug-likeness (QED) is 0.883. The number of ether oxygens (including phenoxy) is 2. The van der Waals surface area contributed by atoms with Crippen molar-refractivity contribution in [1.82, 2.24) is 4.98 Å². The zero-order valence-electron chi connectivity index (χ0n) is 12.1. The summed E-state index contributed by atoms with van der Waals surface area (Å²) in [5.74, 6) is -0.876. The first-order valence-electron chi connectivity index (χ1n) is 6.93. The summed E-state index contributed by atoms with van der Waals surface area (Å²) in [6.07, 6.45) is -0.0444. The molecule has 0 bridgehead atoms. The zero-order chi connectivity index (χ0) is 16.6. The summed E-state index contributed by atoms with van der Waals surface area (Å²) in [5, 5.41) is 0. The van der Waals surface area contributed by atoms with Crippen LogP contribution in [0.3, 0.4) is 0 Å². The van der Waals surface area contributed by atoms with Crippen LogP contribution < -0.4 is 15.0 Å². The number of fused-ring (bicyclic) bond motifs is 1. The monoisotopic (exact) mass is 321 g/mol. The Kier molecular flexibility index (Phi) is 3.85. The van der Waals surface area contributed by atoms with Crippen molar-refractivity contribution in [2.75, 3.05) is 0 Å². The third-order valence-electron chi connectivity index (χ3n) is 3.60. The fourth-order valence-corrected chi connectivity index (χ4v) is 2.71. The fraction of sp³-hybridized carbons (Fsp3) is 0.250. The zero-order valence-corrected chi connectivity index (χ0v) is 12.1. The molecule has 1 aromatic carbocycles. The van der Waals surface area contributed by atoms with Crippen LogP contribution in [0.25, 0.3) is 0 Å². The van der Waals surface area contributed by atoms with Crippen molar-refractivity contribution >= 4 is 5.97 Å². The van der Waals surface area contributed by atoms with Crippen LogP contribution in [0.15, 0.2) is 35.1 Å². The Morgan fingerprint density at radius 3 is 2.83 bits per heavy atom. The molecule has 120 valence electrons. The highest BCUT2D eigenvalue weighted by Crippen LogP contribution is 2.37. The Morgan fingerprint density at radius 2 is 2.09 bits per heavy atom. The number of hydrogen-bond donors (Lipinski definition) is 1. The van der Waals surface area contributed by atoms with Gasteiger partial charge in [-0.15, -0.1) is 0 Å². The maximum absolute atomic E-state index is 12.4. The van der Waals surface area contributed by atoms with E-state index in [1.807, 2.05) is 0 Å². The van der Waals surface area contributed by atoms with E-state index >= 15 is 0 Å². The summed E-state index contributed by atoms with van der Waals surface area (Å²) in [7, 11) is 0.